The lowest BCUT2D eigenvalue weighted by atomic mass is 9.94. The van der Waals surface area contributed by atoms with Crippen molar-refractivity contribution in [1.29, 1.82) is 0 Å². The number of hydrogen-bond donors (Lipinski definition) is 1. The Bertz CT molecular complexity index is 165. The van der Waals surface area contributed by atoms with Crippen LogP contribution in [-0.2, 0) is 4.79 Å². The van der Waals surface area contributed by atoms with Gasteiger partial charge in [-0.05, 0) is 31.1 Å². The predicted molar refractivity (Wildman–Crippen MR) is 49.8 cm³/mol. The van der Waals surface area contributed by atoms with E-state index in [0.717, 1.165) is 11.8 Å². The lowest BCUT2D eigenvalue weighted by molar-refractivity contribution is -0.119. The number of nitrogens with one attached hydrogen (secondary N) is 1. The lowest BCUT2D eigenvalue weighted by Crippen LogP contribution is -2.30. The van der Waals surface area contributed by atoms with Gasteiger partial charge in [-0.1, -0.05) is 13.8 Å². The minimum atomic E-state index is 0.115. The second kappa shape index (κ2) is 3.92. The van der Waals surface area contributed by atoms with Gasteiger partial charge in [0.15, 0.2) is 0 Å². The Balaban J connectivity index is 2.30. The molecule has 0 bridgehead atoms. The van der Waals surface area contributed by atoms with E-state index in [2.05, 4.69) is 19.2 Å². The molecular formula is C10H19NO. The average molecular weight is 169 g/mol. The van der Waals surface area contributed by atoms with Gasteiger partial charge in [0.05, 0.1) is 0 Å². The molecule has 2 nitrogen and oxygen atoms in total. The molecule has 0 heterocycles. The van der Waals surface area contributed by atoms with Crippen molar-refractivity contribution < 1.29 is 4.79 Å². The molecule has 0 aromatic heterocycles. The first-order chi connectivity index (χ1) is 5.59. The van der Waals surface area contributed by atoms with Crippen molar-refractivity contribution in [3.63, 3.8) is 0 Å². The van der Waals surface area contributed by atoms with Crippen molar-refractivity contribution in [1.82, 2.24) is 5.32 Å². The highest BCUT2D eigenvalue weighted by molar-refractivity contribution is 5.73. The van der Waals surface area contributed by atoms with Crippen molar-refractivity contribution in [2.45, 2.75) is 46.1 Å². The Labute approximate surface area is 74.7 Å². The van der Waals surface area contributed by atoms with E-state index >= 15 is 0 Å². The second-order valence-electron chi connectivity index (χ2n) is 4.21. The van der Waals surface area contributed by atoms with Crippen LogP contribution in [0, 0.1) is 11.8 Å². The molecule has 1 rings (SSSR count). The number of rotatable bonds is 2. The fourth-order valence-corrected chi connectivity index (χ4v) is 2.04. The highest BCUT2D eigenvalue weighted by Crippen LogP contribution is 2.31. The Morgan fingerprint density at radius 2 is 2.08 bits per heavy atom. The third kappa shape index (κ3) is 2.50. The first-order valence-electron chi connectivity index (χ1n) is 4.86. The van der Waals surface area contributed by atoms with Crippen molar-refractivity contribution >= 4 is 5.91 Å². The van der Waals surface area contributed by atoms with Crippen LogP contribution in [0.25, 0.3) is 0 Å². The maximum Gasteiger partial charge on any atom is 0.217 e. The summed E-state index contributed by atoms with van der Waals surface area (Å²) in [6.07, 6.45) is 3.63. The first-order valence-corrected chi connectivity index (χ1v) is 4.86. The maximum atomic E-state index is 10.8. The molecule has 1 aliphatic carbocycles. The minimum Gasteiger partial charge on any atom is -0.354 e. The van der Waals surface area contributed by atoms with E-state index in [1.54, 1.807) is 6.92 Å². The van der Waals surface area contributed by atoms with Gasteiger partial charge in [-0.25, -0.2) is 0 Å². The zero-order chi connectivity index (χ0) is 9.14. The smallest absolute Gasteiger partial charge is 0.217 e. The Kier molecular flexibility index (Phi) is 3.12. The zero-order valence-electron chi connectivity index (χ0n) is 8.26. The van der Waals surface area contributed by atoms with Gasteiger partial charge in [0.25, 0.3) is 0 Å². The predicted octanol–water partition coefficient (Wildman–Crippen LogP) is 1.95. The molecule has 1 unspecified atom stereocenters. The summed E-state index contributed by atoms with van der Waals surface area (Å²) in [5.74, 6) is 1.70. The fraction of sp³-hybridized carbons (Fsp3) is 0.900. The average Bonchev–Trinajstić information content (AvgIpc) is 2.34. The van der Waals surface area contributed by atoms with Crippen LogP contribution in [0.2, 0.25) is 0 Å². The van der Waals surface area contributed by atoms with Crippen LogP contribution in [0.5, 0.6) is 0 Å². The molecule has 0 aromatic carbocycles. The van der Waals surface area contributed by atoms with Gasteiger partial charge in [-0.15, -0.1) is 0 Å². The third-order valence-corrected chi connectivity index (χ3v) is 2.82. The molecule has 70 valence electrons. The van der Waals surface area contributed by atoms with Gasteiger partial charge >= 0.3 is 0 Å². The van der Waals surface area contributed by atoms with Crippen LogP contribution in [0.15, 0.2) is 0 Å². The largest absolute Gasteiger partial charge is 0.354 e. The third-order valence-electron chi connectivity index (χ3n) is 2.82. The van der Waals surface area contributed by atoms with Crippen molar-refractivity contribution in [3.8, 4) is 0 Å². The van der Waals surface area contributed by atoms with E-state index in [9.17, 15) is 4.79 Å². The summed E-state index contributed by atoms with van der Waals surface area (Å²) in [6, 6.07) is 0.454. The molecule has 2 atom stereocenters. The fourth-order valence-electron chi connectivity index (χ4n) is 2.04. The molecule has 2 heteroatoms. The number of amides is 1. The highest BCUT2D eigenvalue weighted by atomic mass is 16.1. The van der Waals surface area contributed by atoms with E-state index in [1.807, 2.05) is 0 Å². The monoisotopic (exact) mass is 169 g/mol. The second-order valence-corrected chi connectivity index (χ2v) is 4.21. The summed E-state index contributed by atoms with van der Waals surface area (Å²) in [6.45, 7) is 6.13. The van der Waals surface area contributed by atoms with Crippen LogP contribution in [0.1, 0.15) is 40.0 Å². The molecule has 0 radical (unpaired) electrons. The standard InChI is InChI=1S/C10H19NO/c1-7(2)9-4-5-10(6-9)11-8(3)12/h7,9-10H,4-6H2,1-3H3,(H,11,12)/t9-,10?/m1/s1. The number of carbonyl (C=O) groups is 1. The van der Waals surface area contributed by atoms with Gasteiger partial charge in [0.2, 0.25) is 5.91 Å². The molecule has 0 spiro atoms. The Morgan fingerprint density at radius 1 is 1.42 bits per heavy atom. The summed E-state index contributed by atoms with van der Waals surface area (Å²) in [5, 5.41) is 2.99. The van der Waals surface area contributed by atoms with E-state index in [4.69, 9.17) is 0 Å². The van der Waals surface area contributed by atoms with E-state index in [-0.39, 0.29) is 5.91 Å². The Hall–Kier alpha value is -0.530. The molecule has 1 fully saturated rings. The van der Waals surface area contributed by atoms with Gasteiger partial charge < -0.3 is 5.32 Å². The number of carbonyl (C=O) groups excluding carboxylic acids is 1. The summed E-state index contributed by atoms with van der Waals surface area (Å²) in [4.78, 5) is 10.8. The van der Waals surface area contributed by atoms with Crippen LogP contribution in [0.3, 0.4) is 0 Å². The van der Waals surface area contributed by atoms with Crippen LogP contribution in [0.4, 0.5) is 0 Å². The summed E-state index contributed by atoms with van der Waals surface area (Å²) in [7, 11) is 0. The maximum absolute atomic E-state index is 10.8. The summed E-state index contributed by atoms with van der Waals surface area (Å²) >= 11 is 0. The molecule has 1 amide bonds. The topological polar surface area (TPSA) is 29.1 Å². The van der Waals surface area contributed by atoms with E-state index < -0.39 is 0 Å². The summed E-state index contributed by atoms with van der Waals surface area (Å²) < 4.78 is 0. The van der Waals surface area contributed by atoms with Crippen LogP contribution in [-0.4, -0.2) is 11.9 Å². The summed E-state index contributed by atoms with van der Waals surface area (Å²) in [5.41, 5.74) is 0. The molecule has 1 N–H and O–H groups in total. The quantitative estimate of drug-likeness (QED) is 0.672. The van der Waals surface area contributed by atoms with Crippen molar-refractivity contribution in [3.05, 3.63) is 0 Å². The van der Waals surface area contributed by atoms with Crippen molar-refractivity contribution in [2.75, 3.05) is 0 Å². The molecule has 0 aliphatic heterocycles. The van der Waals surface area contributed by atoms with Gasteiger partial charge in [-0.2, -0.15) is 0 Å². The zero-order valence-corrected chi connectivity index (χ0v) is 8.26. The highest BCUT2D eigenvalue weighted by Gasteiger charge is 2.26. The molecular weight excluding hydrogens is 150 g/mol. The van der Waals surface area contributed by atoms with Gasteiger partial charge in [0, 0.05) is 13.0 Å². The van der Waals surface area contributed by atoms with E-state index in [0.29, 0.717) is 6.04 Å². The molecule has 1 aliphatic rings. The van der Waals surface area contributed by atoms with Crippen LogP contribution < -0.4 is 5.32 Å². The van der Waals surface area contributed by atoms with Gasteiger partial charge in [0.1, 0.15) is 0 Å². The normalized spacial score (nSPS) is 29.3. The van der Waals surface area contributed by atoms with Gasteiger partial charge in [-0.3, -0.25) is 4.79 Å². The minimum absolute atomic E-state index is 0.115. The molecule has 0 saturated heterocycles. The van der Waals surface area contributed by atoms with E-state index in [1.165, 1.54) is 19.3 Å². The molecule has 1 saturated carbocycles. The molecule has 0 aromatic rings. The lowest BCUT2D eigenvalue weighted by Gasteiger charge is -2.14. The van der Waals surface area contributed by atoms with Crippen LogP contribution >= 0.6 is 0 Å². The number of hydrogen-bond acceptors (Lipinski definition) is 1. The molecule has 12 heavy (non-hydrogen) atoms. The first kappa shape index (κ1) is 9.56. The Morgan fingerprint density at radius 3 is 2.50 bits per heavy atom. The van der Waals surface area contributed by atoms with Crippen molar-refractivity contribution in [2.24, 2.45) is 11.8 Å². The SMILES string of the molecule is CC(=O)NC1CC[C@@H](C(C)C)C1.